The van der Waals surface area contributed by atoms with Crippen molar-refractivity contribution in [2.24, 2.45) is 0 Å². The van der Waals surface area contributed by atoms with Crippen molar-refractivity contribution in [2.75, 3.05) is 6.61 Å². The van der Waals surface area contributed by atoms with Crippen LogP contribution in [-0.2, 0) is 4.74 Å². The van der Waals surface area contributed by atoms with Crippen molar-refractivity contribution in [3.63, 3.8) is 0 Å². The predicted molar refractivity (Wildman–Crippen MR) is 71.5 cm³/mol. The normalized spacial score (nSPS) is 10.8. The fourth-order valence-corrected chi connectivity index (χ4v) is 1.55. The van der Waals surface area contributed by atoms with Crippen LogP contribution < -0.4 is 0 Å². The first-order chi connectivity index (χ1) is 9.31. The zero-order valence-corrected chi connectivity index (χ0v) is 10.7. The summed E-state index contributed by atoms with van der Waals surface area (Å²) in [7, 11) is 0. The minimum absolute atomic E-state index is 0.302. The van der Waals surface area contributed by atoms with E-state index in [1.165, 1.54) is 6.33 Å². The third-order valence-corrected chi connectivity index (χ3v) is 2.52. The van der Waals surface area contributed by atoms with E-state index in [0.717, 1.165) is 12.0 Å². The molecule has 2 rings (SSSR count). The Kier molecular flexibility index (Phi) is 4.44. The Balaban J connectivity index is 1.98. The van der Waals surface area contributed by atoms with Crippen molar-refractivity contribution in [2.45, 2.75) is 13.3 Å². The second-order valence-corrected chi connectivity index (χ2v) is 3.89. The Morgan fingerprint density at radius 2 is 2.11 bits per heavy atom. The fraction of sp³-hybridized carbons (Fsp3) is 0.214. The molecule has 0 radical (unpaired) electrons. The summed E-state index contributed by atoms with van der Waals surface area (Å²) >= 11 is 0. The molecule has 0 aliphatic rings. The Morgan fingerprint density at radius 3 is 2.74 bits per heavy atom. The predicted octanol–water partition coefficient (Wildman–Crippen LogP) is 2.59. The zero-order valence-electron chi connectivity index (χ0n) is 10.7. The third-order valence-electron chi connectivity index (χ3n) is 2.52. The fourth-order valence-electron chi connectivity index (χ4n) is 1.55. The topological polar surface area (TPSA) is 67.9 Å². The maximum atomic E-state index is 11.7. The van der Waals surface area contributed by atoms with Crippen LogP contribution >= 0.6 is 0 Å². The number of esters is 1. The van der Waals surface area contributed by atoms with Crippen molar-refractivity contribution in [3.8, 4) is 11.4 Å². The van der Waals surface area contributed by atoms with Crippen molar-refractivity contribution < 1.29 is 9.53 Å². The highest BCUT2D eigenvalue weighted by Gasteiger charge is 2.07. The largest absolute Gasteiger partial charge is 0.458 e. The molecule has 19 heavy (non-hydrogen) atoms. The van der Waals surface area contributed by atoms with Gasteiger partial charge in [-0.15, -0.1) is 0 Å². The first kappa shape index (κ1) is 13.0. The summed E-state index contributed by atoms with van der Waals surface area (Å²) in [5.41, 5.74) is 1.40. The van der Waals surface area contributed by atoms with Gasteiger partial charge in [-0.2, -0.15) is 5.10 Å². The van der Waals surface area contributed by atoms with Crippen LogP contribution in [0.2, 0.25) is 0 Å². The molecule has 1 aromatic carbocycles. The zero-order chi connectivity index (χ0) is 13.5. The van der Waals surface area contributed by atoms with Crippen molar-refractivity contribution in [3.05, 3.63) is 48.3 Å². The molecule has 5 heteroatoms. The molecule has 0 aliphatic heterocycles. The van der Waals surface area contributed by atoms with E-state index in [1.54, 1.807) is 24.3 Å². The Bertz CT molecular complexity index is 545. The minimum Gasteiger partial charge on any atom is -0.458 e. The molecule has 0 atom stereocenters. The van der Waals surface area contributed by atoms with E-state index in [4.69, 9.17) is 4.74 Å². The van der Waals surface area contributed by atoms with Gasteiger partial charge in [-0.05, 0) is 18.6 Å². The number of hydrogen-bond acceptors (Lipinski definition) is 4. The van der Waals surface area contributed by atoms with E-state index in [0.29, 0.717) is 18.0 Å². The summed E-state index contributed by atoms with van der Waals surface area (Å²) in [5, 5.41) is 6.54. The molecular formula is C14H15N3O2. The monoisotopic (exact) mass is 257 g/mol. The summed E-state index contributed by atoms with van der Waals surface area (Å²) in [6.07, 6.45) is 6.17. The van der Waals surface area contributed by atoms with Crippen LogP contribution in [0, 0.1) is 0 Å². The second kappa shape index (κ2) is 6.49. The van der Waals surface area contributed by atoms with Gasteiger partial charge >= 0.3 is 5.97 Å². The number of hydrogen-bond donors (Lipinski definition) is 1. The van der Waals surface area contributed by atoms with Gasteiger partial charge in [0.05, 0.1) is 5.56 Å². The van der Waals surface area contributed by atoms with Gasteiger partial charge in [-0.25, -0.2) is 9.78 Å². The molecule has 2 aromatic rings. The van der Waals surface area contributed by atoms with Crippen LogP contribution in [0.25, 0.3) is 11.4 Å². The quantitative estimate of drug-likeness (QED) is 0.660. The molecule has 0 aliphatic carbocycles. The molecule has 0 saturated carbocycles. The lowest BCUT2D eigenvalue weighted by molar-refractivity contribution is 0.0549. The smallest absolute Gasteiger partial charge is 0.338 e. The van der Waals surface area contributed by atoms with Gasteiger partial charge in [0.25, 0.3) is 0 Å². The van der Waals surface area contributed by atoms with Gasteiger partial charge < -0.3 is 4.74 Å². The summed E-state index contributed by atoms with van der Waals surface area (Å²) in [6.45, 7) is 2.33. The van der Waals surface area contributed by atoms with Crippen LogP contribution in [0.15, 0.2) is 42.7 Å². The maximum absolute atomic E-state index is 11.7. The van der Waals surface area contributed by atoms with Gasteiger partial charge in [-0.1, -0.05) is 31.2 Å². The summed E-state index contributed by atoms with van der Waals surface area (Å²) in [4.78, 5) is 15.8. The average Bonchev–Trinajstić information content (AvgIpc) is 2.98. The molecule has 1 heterocycles. The number of allylic oxidation sites excluding steroid dienone is 1. The van der Waals surface area contributed by atoms with Crippen LogP contribution in [0.4, 0.5) is 0 Å². The number of ether oxygens (including phenoxy) is 1. The first-order valence-corrected chi connectivity index (χ1v) is 6.09. The van der Waals surface area contributed by atoms with Crippen LogP contribution in [0.5, 0.6) is 0 Å². The molecule has 98 valence electrons. The molecule has 5 nitrogen and oxygen atoms in total. The maximum Gasteiger partial charge on any atom is 0.338 e. The summed E-state index contributed by atoms with van der Waals surface area (Å²) in [5.74, 6) is 0.343. The molecule has 0 bridgehead atoms. The molecule has 0 unspecified atom stereocenters. The van der Waals surface area contributed by atoms with E-state index in [-0.39, 0.29) is 5.97 Å². The van der Waals surface area contributed by atoms with Crippen molar-refractivity contribution in [1.82, 2.24) is 15.2 Å². The number of carbonyl (C=O) groups excluding carboxylic acids is 1. The number of H-pyrrole nitrogens is 1. The summed E-state index contributed by atoms with van der Waals surface area (Å²) < 4.78 is 5.10. The SMILES string of the molecule is CC/C=C/COC(=O)c1ccc(-c2ncn[nH]2)cc1. The standard InChI is InChI=1S/C14H15N3O2/c1-2-3-4-9-19-14(18)12-7-5-11(6-8-12)13-15-10-16-17-13/h3-8,10H,2,9H2,1H3,(H,15,16,17)/b4-3+. The number of aromatic amines is 1. The lowest BCUT2D eigenvalue weighted by Gasteiger charge is -2.02. The lowest BCUT2D eigenvalue weighted by atomic mass is 10.1. The highest BCUT2D eigenvalue weighted by molar-refractivity contribution is 5.89. The van der Waals surface area contributed by atoms with E-state index in [2.05, 4.69) is 15.2 Å². The molecule has 0 spiro atoms. The van der Waals surface area contributed by atoms with Crippen molar-refractivity contribution in [1.29, 1.82) is 0 Å². The number of aromatic nitrogens is 3. The molecule has 0 saturated heterocycles. The first-order valence-electron chi connectivity index (χ1n) is 6.09. The number of nitrogens with zero attached hydrogens (tertiary/aromatic N) is 2. The van der Waals surface area contributed by atoms with E-state index >= 15 is 0 Å². The Hall–Kier alpha value is -2.43. The number of nitrogens with one attached hydrogen (secondary N) is 1. The van der Waals surface area contributed by atoms with E-state index in [9.17, 15) is 4.79 Å². The molecule has 0 fully saturated rings. The van der Waals surface area contributed by atoms with Crippen molar-refractivity contribution >= 4 is 5.97 Å². The molecule has 0 amide bonds. The molecular weight excluding hydrogens is 242 g/mol. The van der Waals surface area contributed by atoms with E-state index < -0.39 is 0 Å². The number of rotatable bonds is 5. The minimum atomic E-state index is -0.329. The Labute approximate surface area is 111 Å². The van der Waals surface area contributed by atoms with Crippen LogP contribution in [0.3, 0.4) is 0 Å². The van der Waals surface area contributed by atoms with Gasteiger partial charge in [0.15, 0.2) is 5.82 Å². The highest BCUT2D eigenvalue weighted by atomic mass is 16.5. The van der Waals surface area contributed by atoms with Crippen LogP contribution in [0.1, 0.15) is 23.7 Å². The average molecular weight is 257 g/mol. The van der Waals surface area contributed by atoms with E-state index in [1.807, 2.05) is 19.1 Å². The summed E-state index contributed by atoms with van der Waals surface area (Å²) in [6, 6.07) is 7.03. The molecule has 1 aromatic heterocycles. The van der Waals surface area contributed by atoms with Gasteiger partial charge in [0.2, 0.25) is 0 Å². The lowest BCUT2D eigenvalue weighted by Crippen LogP contribution is -2.04. The Morgan fingerprint density at radius 1 is 1.32 bits per heavy atom. The van der Waals surface area contributed by atoms with Crippen LogP contribution in [-0.4, -0.2) is 27.8 Å². The number of carbonyl (C=O) groups is 1. The van der Waals surface area contributed by atoms with Gasteiger partial charge in [0, 0.05) is 5.56 Å². The van der Waals surface area contributed by atoms with Gasteiger partial charge in [0.1, 0.15) is 12.9 Å². The third kappa shape index (κ3) is 3.51. The second-order valence-electron chi connectivity index (χ2n) is 3.89. The highest BCUT2D eigenvalue weighted by Crippen LogP contribution is 2.14. The van der Waals surface area contributed by atoms with Gasteiger partial charge in [-0.3, -0.25) is 5.10 Å². The molecule has 1 N–H and O–H groups in total. The number of benzene rings is 1.